The van der Waals surface area contributed by atoms with Gasteiger partial charge in [0.05, 0.1) is 0 Å². The smallest absolute Gasteiger partial charge is 0.123 e. The fraction of sp³-hybridized carbons (Fsp3) is 0.571. The summed E-state index contributed by atoms with van der Waals surface area (Å²) in [6.45, 7) is 2.16. The minimum atomic E-state index is -0.209. The molecule has 1 saturated heterocycles. The monoisotopic (exact) mass is 268 g/mol. The molecule has 1 fully saturated rings. The lowest BCUT2D eigenvalue weighted by molar-refractivity contribution is -0.00461. The average Bonchev–Trinajstić information content (AvgIpc) is 2.82. The van der Waals surface area contributed by atoms with Crippen LogP contribution in [0.3, 0.4) is 0 Å². The maximum absolute atomic E-state index is 13.3. The van der Waals surface area contributed by atoms with Crippen LogP contribution in [0, 0.1) is 5.82 Å². The third kappa shape index (κ3) is 3.05. The molecular weight excluding hydrogens is 247 g/mol. The maximum atomic E-state index is 13.3. The number of ether oxygens (including phenoxy) is 2. The summed E-state index contributed by atoms with van der Waals surface area (Å²) in [6.07, 6.45) is 0.106. The molecule has 0 aliphatic carbocycles. The predicted octanol–water partition coefficient (Wildman–Crippen LogP) is 1.40. The van der Waals surface area contributed by atoms with Gasteiger partial charge in [-0.05, 0) is 30.8 Å². The molecule has 1 aromatic carbocycles. The molecule has 106 valence electrons. The highest BCUT2D eigenvalue weighted by Crippen LogP contribution is 2.27. The SMILES string of the molecule is CNCc1cc(F)ccc1N1CC(OC)C(OC)C1. The predicted molar refractivity (Wildman–Crippen MR) is 73.0 cm³/mol. The second kappa shape index (κ2) is 6.32. The van der Waals surface area contributed by atoms with Gasteiger partial charge in [0.1, 0.15) is 18.0 Å². The molecule has 4 nitrogen and oxygen atoms in total. The third-order valence-electron chi connectivity index (χ3n) is 3.57. The van der Waals surface area contributed by atoms with Crippen molar-refractivity contribution in [2.75, 3.05) is 39.3 Å². The molecule has 2 unspecified atom stereocenters. The molecule has 1 N–H and O–H groups in total. The quantitative estimate of drug-likeness (QED) is 0.875. The number of anilines is 1. The van der Waals surface area contributed by atoms with Crippen LogP contribution in [0.5, 0.6) is 0 Å². The van der Waals surface area contributed by atoms with Crippen molar-refractivity contribution in [2.45, 2.75) is 18.8 Å². The third-order valence-corrected chi connectivity index (χ3v) is 3.57. The Morgan fingerprint density at radius 2 is 1.89 bits per heavy atom. The Bertz CT molecular complexity index is 416. The van der Waals surface area contributed by atoms with Gasteiger partial charge in [0, 0.05) is 39.5 Å². The van der Waals surface area contributed by atoms with E-state index < -0.39 is 0 Å². The minimum Gasteiger partial charge on any atom is -0.377 e. The van der Waals surface area contributed by atoms with Gasteiger partial charge < -0.3 is 19.7 Å². The second-order valence-corrected chi connectivity index (χ2v) is 4.76. The summed E-state index contributed by atoms with van der Waals surface area (Å²) in [5.41, 5.74) is 1.99. The van der Waals surface area contributed by atoms with E-state index in [1.807, 2.05) is 13.1 Å². The summed E-state index contributed by atoms with van der Waals surface area (Å²) in [5.74, 6) is -0.209. The molecule has 5 heteroatoms. The van der Waals surface area contributed by atoms with Crippen LogP contribution in [0.1, 0.15) is 5.56 Å². The fourth-order valence-electron chi connectivity index (χ4n) is 2.59. The first-order valence-electron chi connectivity index (χ1n) is 6.43. The van der Waals surface area contributed by atoms with Crippen molar-refractivity contribution in [3.8, 4) is 0 Å². The summed E-state index contributed by atoms with van der Waals surface area (Å²) >= 11 is 0. The Labute approximate surface area is 113 Å². The van der Waals surface area contributed by atoms with Crippen LogP contribution in [0.2, 0.25) is 0 Å². The van der Waals surface area contributed by atoms with Crippen molar-refractivity contribution in [1.82, 2.24) is 5.32 Å². The van der Waals surface area contributed by atoms with Crippen molar-refractivity contribution in [2.24, 2.45) is 0 Å². The van der Waals surface area contributed by atoms with E-state index in [1.54, 1.807) is 20.3 Å². The molecule has 0 aromatic heterocycles. The molecule has 1 aliphatic heterocycles. The van der Waals surface area contributed by atoms with Gasteiger partial charge in [-0.15, -0.1) is 0 Å². The first-order valence-corrected chi connectivity index (χ1v) is 6.43. The van der Waals surface area contributed by atoms with Crippen molar-refractivity contribution in [1.29, 1.82) is 0 Å². The number of rotatable bonds is 5. The summed E-state index contributed by atoms with van der Waals surface area (Å²) in [6, 6.07) is 4.90. The van der Waals surface area contributed by atoms with Crippen molar-refractivity contribution in [3.05, 3.63) is 29.6 Å². The van der Waals surface area contributed by atoms with E-state index in [0.717, 1.165) is 24.3 Å². The average molecular weight is 268 g/mol. The number of halogens is 1. The Morgan fingerprint density at radius 3 is 2.42 bits per heavy atom. The van der Waals surface area contributed by atoms with Crippen LogP contribution in [-0.2, 0) is 16.0 Å². The van der Waals surface area contributed by atoms with Crippen LogP contribution in [0.4, 0.5) is 10.1 Å². The lowest BCUT2D eigenvalue weighted by Crippen LogP contribution is -2.27. The highest BCUT2D eigenvalue weighted by atomic mass is 19.1. The molecule has 2 atom stereocenters. The first kappa shape index (κ1) is 14.2. The summed E-state index contributed by atoms with van der Waals surface area (Å²) in [7, 11) is 5.24. The molecule has 0 radical (unpaired) electrons. The van der Waals surface area contributed by atoms with Gasteiger partial charge in [-0.2, -0.15) is 0 Å². The second-order valence-electron chi connectivity index (χ2n) is 4.76. The van der Waals surface area contributed by atoms with Crippen LogP contribution < -0.4 is 10.2 Å². The number of nitrogens with zero attached hydrogens (tertiary/aromatic N) is 1. The highest BCUT2D eigenvalue weighted by Gasteiger charge is 2.33. The van der Waals surface area contributed by atoms with Crippen molar-refractivity contribution < 1.29 is 13.9 Å². The Balaban J connectivity index is 2.22. The molecular formula is C14H21FN2O2. The Hall–Kier alpha value is -1.17. The minimum absolute atomic E-state index is 0.0532. The maximum Gasteiger partial charge on any atom is 0.123 e. The van der Waals surface area contributed by atoms with E-state index in [4.69, 9.17) is 9.47 Å². The molecule has 2 rings (SSSR count). The number of hydrogen-bond acceptors (Lipinski definition) is 4. The van der Waals surface area contributed by atoms with Gasteiger partial charge in [0.25, 0.3) is 0 Å². The molecule has 0 bridgehead atoms. The molecule has 1 aliphatic rings. The zero-order valence-electron chi connectivity index (χ0n) is 11.6. The molecule has 0 spiro atoms. The number of nitrogens with one attached hydrogen (secondary N) is 1. The van der Waals surface area contributed by atoms with Crippen LogP contribution in [-0.4, -0.2) is 46.6 Å². The molecule has 1 aromatic rings. The topological polar surface area (TPSA) is 33.7 Å². The number of methoxy groups -OCH3 is 2. The van der Waals surface area contributed by atoms with E-state index in [-0.39, 0.29) is 18.0 Å². The van der Waals surface area contributed by atoms with Crippen LogP contribution >= 0.6 is 0 Å². The lowest BCUT2D eigenvalue weighted by atomic mass is 10.1. The van der Waals surface area contributed by atoms with Crippen LogP contribution in [0.15, 0.2) is 18.2 Å². The van der Waals surface area contributed by atoms with Gasteiger partial charge in [-0.25, -0.2) is 4.39 Å². The molecule has 0 amide bonds. The van der Waals surface area contributed by atoms with Gasteiger partial charge in [-0.1, -0.05) is 0 Å². The van der Waals surface area contributed by atoms with E-state index in [0.29, 0.717) is 6.54 Å². The fourth-order valence-corrected chi connectivity index (χ4v) is 2.59. The first-order chi connectivity index (χ1) is 9.19. The van der Waals surface area contributed by atoms with E-state index in [1.165, 1.54) is 6.07 Å². The van der Waals surface area contributed by atoms with E-state index in [2.05, 4.69) is 10.2 Å². The Morgan fingerprint density at radius 1 is 1.26 bits per heavy atom. The van der Waals surface area contributed by atoms with Gasteiger partial charge >= 0.3 is 0 Å². The zero-order chi connectivity index (χ0) is 13.8. The Kier molecular flexibility index (Phi) is 4.74. The standard InChI is InChI=1S/C14H21FN2O2/c1-16-7-10-6-11(15)4-5-12(10)17-8-13(18-2)14(9-17)19-3/h4-6,13-14,16H,7-9H2,1-3H3. The van der Waals surface area contributed by atoms with Crippen molar-refractivity contribution in [3.63, 3.8) is 0 Å². The molecule has 0 saturated carbocycles. The summed E-state index contributed by atoms with van der Waals surface area (Å²) in [5, 5.41) is 3.07. The molecule has 19 heavy (non-hydrogen) atoms. The largest absolute Gasteiger partial charge is 0.377 e. The summed E-state index contributed by atoms with van der Waals surface area (Å²) < 4.78 is 24.2. The number of benzene rings is 1. The molecule has 1 heterocycles. The van der Waals surface area contributed by atoms with Gasteiger partial charge in [0.15, 0.2) is 0 Å². The van der Waals surface area contributed by atoms with E-state index in [9.17, 15) is 4.39 Å². The van der Waals surface area contributed by atoms with Crippen molar-refractivity contribution >= 4 is 5.69 Å². The normalized spacial score (nSPS) is 23.1. The zero-order valence-corrected chi connectivity index (χ0v) is 11.6. The van der Waals surface area contributed by atoms with Crippen LogP contribution in [0.25, 0.3) is 0 Å². The highest BCUT2D eigenvalue weighted by molar-refractivity contribution is 5.55. The van der Waals surface area contributed by atoms with E-state index >= 15 is 0 Å². The van der Waals surface area contributed by atoms with Gasteiger partial charge in [0.2, 0.25) is 0 Å². The lowest BCUT2D eigenvalue weighted by Gasteiger charge is -2.21. The summed E-state index contributed by atoms with van der Waals surface area (Å²) in [4.78, 5) is 2.19. The number of hydrogen-bond donors (Lipinski definition) is 1. The van der Waals surface area contributed by atoms with Gasteiger partial charge in [-0.3, -0.25) is 0 Å².